The molecule has 0 aliphatic heterocycles. The maximum Gasteiger partial charge on any atom is 0.193 e. The zero-order valence-corrected chi connectivity index (χ0v) is 17.3. The van der Waals surface area contributed by atoms with Crippen molar-refractivity contribution in [2.75, 3.05) is 19.5 Å². The van der Waals surface area contributed by atoms with E-state index in [4.69, 9.17) is 15.2 Å². The van der Waals surface area contributed by atoms with Gasteiger partial charge in [0.1, 0.15) is 23.6 Å². The number of halogens is 1. The van der Waals surface area contributed by atoms with E-state index in [1.807, 2.05) is 29.0 Å². The Balaban J connectivity index is 0.00000261. The van der Waals surface area contributed by atoms with Gasteiger partial charge in [0.05, 0.1) is 26.5 Å². The number of nitrogens with one attached hydrogen (secondary N) is 1. The summed E-state index contributed by atoms with van der Waals surface area (Å²) in [6, 6.07) is 9.24. The van der Waals surface area contributed by atoms with Crippen molar-refractivity contribution in [2.45, 2.75) is 6.54 Å². The van der Waals surface area contributed by atoms with Gasteiger partial charge >= 0.3 is 0 Å². The minimum Gasteiger partial charge on any atom is -0.497 e. The van der Waals surface area contributed by atoms with E-state index < -0.39 is 0 Å². The molecule has 0 radical (unpaired) electrons. The maximum atomic E-state index is 6.01. The van der Waals surface area contributed by atoms with Crippen molar-refractivity contribution in [3.8, 4) is 17.3 Å². The number of hydrogen-bond donors (Lipinski definition) is 2. The Hall–Kier alpha value is -2.82. The molecule has 2 aromatic heterocycles. The number of rotatable bonds is 6. The van der Waals surface area contributed by atoms with Gasteiger partial charge in [0.2, 0.25) is 0 Å². The molecular formula is C18H21IN6O2. The van der Waals surface area contributed by atoms with Crippen LogP contribution in [0.2, 0.25) is 0 Å². The highest BCUT2D eigenvalue weighted by molar-refractivity contribution is 14.0. The first-order valence-corrected chi connectivity index (χ1v) is 7.92. The molecule has 2 heterocycles. The standard InChI is InChI=1S/C18H20N6O2.HI/c1-25-14-3-4-16(26-2)15(10-14)23-18(19)22-11-13-5-6-21-17(9-13)24-8-7-20-12-24;/h3-10,12H,11H2,1-2H3,(H3,19,22,23);1H. The Kier molecular flexibility index (Phi) is 7.41. The fourth-order valence-electron chi connectivity index (χ4n) is 2.36. The van der Waals surface area contributed by atoms with Gasteiger partial charge in [0.25, 0.3) is 0 Å². The molecule has 1 aromatic carbocycles. The topological polar surface area (TPSA) is 99.6 Å². The van der Waals surface area contributed by atoms with Gasteiger partial charge in [-0.1, -0.05) is 0 Å². The molecule has 0 amide bonds. The Labute approximate surface area is 174 Å². The van der Waals surface area contributed by atoms with Crippen LogP contribution in [-0.4, -0.2) is 34.7 Å². The van der Waals surface area contributed by atoms with E-state index in [9.17, 15) is 0 Å². The van der Waals surface area contributed by atoms with Crippen LogP contribution in [-0.2, 0) is 6.54 Å². The zero-order valence-electron chi connectivity index (χ0n) is 15.0. The number of hydrogen-bond acceptors (Lipinski definition) is 5. The number of nitrogens with zero attached hydrogens (tertiary/aromatic N) is 4. The molecule has 0 atom stereocenters. The second kappa shape index (κ2) is 9.76. The summed E-state index contributed by atoms with van der Waals surface area (Å²) in [5.41, 5.74) is 7.67. The molecule has 3 rings (SSSR count). The molecule has 142 valence electrons. The first kappa shape index (κ1) is 20.5. The van der Waals surface area contributed by atoms with E-state index in [2.05, 4.69) is 20.3 Å². The minimum atomic E-state index is 0. The van der Waals surface area contributed by atoms with E-state index in [1.54, 1.807) is 45.1 Å². The Morgan fingerprint density at radius 1 is 1.19 bits per heavy atom. The van der Waals surface area contributed by atoms with Crippen molar-refractivity contribution in [3.05, 3.63) is 60.8 Å². The minimum absolute atomic E-state index is 0. The van der Waals surface area contributed by atoms with Crippen LogP contribution in [0, 0.1) is 0 Å². The maximum absolute atomic E-state index is 6.01. The van der Waals surface area contributed by atoms with Gasteiger partial charge in [-0.3, -0.25) is 4.57 Å². The largest absolute Gasteiger partial charge is 0.497 e. The molecule has 0 saturated heterocycles. The number of imidazole rings is 1. The third kappa shape index (κ3) is 5.33. The van der Waals surface area contributed by atoms with Crippen LogP contribution in [0.4, 0.5) is 5.69 Å². The molecule has 0 fully saturated rings. The lowest BCUT2D eigenvalue weighted by Crippen LogP contribution is -2.23. The van der Waals surface area contributed by atoms with Crippen LogP contribution in [0.25, 0.3) is 5.82 Å². The quantitative estimate of drug-likeness (QED) is 0.320. The van der Waals surface area contributed by atoms with Crippen LogP contribution in [0.3, 0.4) is 0 Å². The van der Waals surface area contributed by atoms with Crippen molar-refractivity contribution in [1.29, 1.82) is 0 Å². The van der Waals surface area contributed by atoms with Gasteiger partial charge in [-0.05, 0) is 29.8 Å². The summed E-state index contributed by atoms with van der Waals surface area (Å²) in [5.74, 6) is 2.39. The molecule has 0 saturated carbocycles. The number of pyridine rings is 1. The molecule has 0 spiro atoms. The third-order valence-electron chi connectivity index (χ3n) is 3.68. The van der Waals surface area contributed by atoms with E-state index in [0.29, 0.717) is 23.7 Å². The van der Waals surface area contributed by atoms with Crippen molar-refractivity contribution >= 4 is 35.6 Å². The zero-order chi connectivity index (χ0) is 18.4. The summed E-state index contributed by atoms with van der Waals surface area (Å²) < 4.78 is 12.4. The number of benzene rings is 1. The first-order valence-electron chi connectivity index (χ1n) is 7.92. The highest BCUT2D eigenvalue weighted by Crippen LogP contribution is 2.28. The van der Waals surface area contributed by atoms with Crippen molar-refractivity contribution in [2.24, 2.45) is 10.7 Å². The van der Waals surface area contributed by atoms with E-state index in [0.717, 1.165) is 11.4 Å². The SMILES string of the molecule is COc1ccc(OC)c(NC(N)=NCc2ccnc(-n3ccnc3)c2)c1.I. The summed E-state index contributed by atoms with van der Waals surface area (Å²) in [5, 5.41) is 3.04. The molecule has 0 aliphatic carbocycles. The normalized spacial score (nSPS) is 10.8. The number of aromatic nitrogens is 3. The fraction of sp³-hybridized carbons (Fsp3) is 0.167. The summed E-state index contributed by atoms with van der Waals surface area (Å²) in [7, 11) is 3.19. The lowest BCUT2D eigenvalue weighted by atomic mass is 10.2. The van der Waals surface area contributed by atoms with Crippen LogP contribution in [0.5, 0.6) is 11.5 Å². The van der Waals surface area contributed by atoms with Crippen LogP contribution < -0.4 is 20.5 Å². The molecule has 0 bridgehead atoms. The van der Waals surface area contributed by atoms with Crippen LogP contribution in [0.15, 0.2) is 60.2 Å². The number of guanidine groups is 1. The summed E-state index contributed by atoms with van der Waals surface area (Å²) in [6.07, 6.45) is 6.96. The van der Waals surface area contributed by atoms with Crippen LogP contribution >= 0.6 is 24.0 Å². The van der Waals surface area contributed by atoms with E-state index >= 15 is 0 Å². The van der Waals surface area contributed by atoms with Gasteiger partial charge in [0, 0.05) is 24.7 Å². The van der Waals surface area contributed by atoms with E-state index in [-0.39, 0.29) is 29.9 Å². The van der Waals surface area contributed by atoms with Crippen molar-refractivity contribution in [3.63, 3.8) is 0 Å². The average Bonchev–Trinajstić information content (AvgIpc) is 3.21. The highest BCUT2D eigenvalue weighted by Gasteiger charge is 2.06. The summed E-state index contributed by atoms with van der Waals surface area (Å²) in [6.45, 7) is 0.412. The van der Waals surface area contributed by atoms with Gasteiger partial charge < -0.3 is 20.5 Å². The molecule has 8 nitrogen and oxygen atoms in total. The van der Waals surface area contributed by atoms with Gasteiger partial charge in [-0.25, -0.2) is 15.0 Å². The van der Waals surface area contributed by atoms with Crippen molar-refractivity contribution in [1.82, 2.24) is 14.5 Å². The molecule has 3 aromatic rings. The predicted molar refractivity (Wildman–Crippen MR) is 115 cm³/mol. The summed E-state index contributed by atoms with van der Waals surface area (Å²) in [4.78, 5) is 12.7. The number of ether oxygens (including phenoxy) is 2. The first-order chi connectivity index (χ1) is 12.7. The second-order valence-electron chi connectivity index (χ2n) is 5.38. The van der Waals surface area contributed by atoms with Gasteiger partial charge in [0.15, 0.2) is 5.96 Å². The van der Waals surface area contributed by atoms with Crippen LogP contribution in [0.1, 0.15) is 5.56 Å². The number of anilines is 1. The Morgan fingerprint density at radius 3 is 2.74 bits per heavy atom. The molecule has 3 N–H and O–H groups in total. The van der Waals surface area contributed by atoms with Gasteiger partial charge in [-0.15, -0.1) is 24.0 Å². The highest BCUT2D eigenvalue weighted by atomic mass is 127. The molecular weight excluding hydrogens is 459 g/mol. The predicted octanol–water partition coefficient (Wildman–Crippen LogP) is 2.83. The van der Waals surface area contributed by atoms with E-state index in [1.165, 1.54) is 0 Å². The third-order valence-corrected chi connectivity index (χ3v) is 3.68. The number of nitrogens with two attached hydrogens (primary N) is 1. The lowest BCUT2D eigenvalue weighted by molar-refractivity contribution is 0.405. The Morgan fingerprint density at radius 2 is 2.04 bits per heavy atom. The average molecular weight is 480 g/mol. The van der Waals surface area contributed by atoms with Crippen molar-refractivity contribution < 1.29 is 9.47 Å². The lowest BCUT2D eigenvalue weighted by Gasteiger charge is -2.12. The smallest absolute Gasteiger partial charge is 0.193 e. The molecule has 27 heavy (non-hydrogen) atoms. The van der Waals surface area contributed by atoms with Gasteiger partial charge in [-0.2, -0.15) is 0 Å². The molecule has 9 heteroatoms. The fourth-order valence-corrected chi connectivity index (χ4v) is 2.36. The monoisotopic (exact) mass is 480 g/mol. The summed E-state index contributed by atoms with van der Waals surface area (Å²) >= 11 is 0. The second-order valence-corrected chi connectivity index (χ2v) is 5.38. The molecule has 0 unspecified atom stereocenters. The Bertz CT molecular complexity index is 899. The number of methoxy groups -OCH3 is 2. The number of aliphatic imine (C=N–C) groups is 1. The molecule has 0 aliphatic rings.